The zero-order chi connectivity index (χ0) is 51.7. The molecular formula is C70H140O2. The second-order valence-corrected chi connectivity index (χ2v) is 24.2. The third-order valence-electron chi connectivity index (χ3n) is 16.7. The molecule has 0 saturated carbocycles. The number of esters is 1. The highest BCUT2D eigenvalue weighted by Crippen LogP contribution is 2.20. The average Bonchev–Trinajstić information content (AvgIpc) is 3.39. The lowest BCUT2D eigenvalue weighted by Gasteiger charge is -2.06. The Morgan fingerprint density at radius 2 is 0.306 bits per heavy atom. The molecule has 0 atom stereocenters. The number of carbonyl (C=O) groups excluding carboxylic acids is 1. The highest BCUT2D eigenvalue weighted by Gasteiger charge is 2.04. The summed E-state index contributed by atoms with van der Waals surface area (Å²) in [6, 6.07) is 0. The smallest absolute Gasteiger partial charge is 0.305 e. The highest BCUT2D eigenvalue weighted by atomic mass is 16.5. The Balaban J connectivity index is 3.14. The monoisotopic (exact) mass is 1010 g/mol. The van der Waals surface area contributed by atoms with Crippen molar-refractivity contribution >= 4 is 5.97 Å². The van der Waals surface area contributed by atoms with Gasteiger partial charge in [-0.25, -0.2) is 0 Å². The van der Waals surface area contributed by atoms with Crippen LogP contribution >= 0.6 is 0 Å². The third kappa shape index (κ3) is 67.5. The molecule has 0 spiro atoms. The van der Waals surface area contributed by atoms with Crippen LogP contribution in [0.1, 0.15) is 438 Å². The van der Waals surface area contributed by atoms with Gasteiger partial charge in [0.05, 0.1) is 6.61 Å². The largest absolute Gasteiger partial charge is 0.466 e. The molecule has 0 amide bonds. The van der Waals surface area contributed by atoms with Crippen LogP contribution in [0.3, 0.4) is 0 Å². The molecule has 2 nitrogen and oxygen atoms in total. The highest BCUT2D eigenvalue weighted by molar-refractivity contribution is 5.69. The van der Waals surface area contributed by atoms with E-state index in [0.717, 1.165) is 12.8 Å². The molecule has 0 aromatic carbocycles. The molecule has 0 aliphatic heterocycles. The fourth-order valence-corrected chi connectivity index (χ4v) is 11.6. The summed E-state index contributed by atoms with van der Waals surface area (Å²) in [5.41, 5.74) is 0. The maximum atomic E-state index is 12.2. The molecule has 0 aromatic rings. The van der Waals surface area contributed by atoms with Crippen LogP contribution < -0.4 is 0 Å². The minimum Gasteiger partial charge on any atom is -0.466 e. The Hall–Kier alpha value is -0.530. The molecule has 0 aliphatic rings. The van der Waals surface area contributed by atoms with Crippen molar-refractivity contribution in [2.75, 3.05) is 6.61 Å². The first kappa shape index (κ1) is 71.5. The van der Waals surface area contributed by atoms with Crippen LogP contribution in [0.2, 0.25) is 0 Å². The van der Waals surface area contributed by atoms with Crippen LogP contribution in [0.25, 0.3) is 0 Å². The Morgan fingerprint density at radius 3 is 0.458 bits per heavy atom. The maximum Gasteiger partial charge on any atom is 0.305 e. The van der Waals surface area contributed by atoms with Crippen LogP contribution in [0.4, 0.5) is 0 Å². The number of rotatable bonds is 67. The molecule has 0 rings (SSSR count). The summed E-state index contributed by atoms with van der Waals surface area (Å²) in [5, 5.41) is 0. The summed E-state index contributed by atoms with van der Waals surface area (Å²) in [6.07, 6.45) is 93.7. The van der Waals surface area contributed by atoms with Crippen LogP contribution in [-0.2, 0) is 9.53 Å². The number of unbranched alkanes of at least 4 members (excludes halogenated alkanes) is 63. The molecule has 0 unspecified atom stereocenters. The van der Waals surface area contributed by atoms with Gasteiger partial charge in [-0.15, -0.1) is 0 Å². The SMILES string of the molecule is CCCCCCCCCCCCCCCCCCCCCCCCCCCCCCCCCCCCCC(=O)OCCCCCCCCCCCCCCCCCCCCCCCCCCCCCCCC. The molecule has 0 radical (unpaired) electrons. The molecular weight excluding hydrogens is 873 g/mol. The Kier molecular flexibility index (Phi) is 68.0. The number of hydrogen-bond acceptors (Lipinski definition) is 2. The van der Waals surface area contributed by atoms with E-state index < -0.39 is 0 Å². The molecule has 0 heterocycles. The predicted octanol–water partition coefficient (Wildman–Crippen LogP) is 26.3. The van der Waals surface area contributed by atoms with Crippen LogP contribution in [0, 0.1) is 0 Å². The van der Waals surface area contributed by atoms with Gasteiger partial charge in [0.2, 0.25) is 0 Å². The van der Waals surface area contributed by atoms with Crippen molar-refractivity contribution in [3.05, 3.63) is 0 Å². The van der Waals surface area contributed by atoms with Crippen molar-refractivity contribution in [2.45, 2.75) is 438 Å². The summed E-state index contributed by atoms with van der Waals surface area (Å²) >= 11 is 0. The molecule has 0 N–H and O–H groups in total. The van der Waals surface area contributed by atoms with E-state index in [4.69, 9.17) is 4.74 Å². The minimum atomic E-state index is 0.0384. The van der Waals surface area contributed by atoms with E-state index in [1.54, 1.807) is 0 Å². The summed E-state index contributed by atoms with van der Waals surface area (Å²) in [4.78, 5) is 12.2. The minimum absolute atomic E-state index is 0.0384. The van der Waals surface area contributed by atoms with Gasteiger partial charge in [-0.1, -0.05) is 418 Å². The van der Waals surface area contributed by atoms with E-state index in [-0.39, 0.29) is 5.97 Å². The van der Waals surface area contributed by atoms with Crippen molar-refractivity contribution in [2.24, 2.45) is 0 Å². The second kappa shape index (κ2) is 68.5. The van der Waals surface area contributed by atoms with Gasteiger partial charge in [-0.3, -0.25) is 4.79 Å². The predicted molar refractivity (Wildman–Crippen MR) is 327 cm³/mol. The first-order valence-corrected chi connectivity index (χ1v) is 35.0. The molecule has 0 bridgehead atoms. The quantitative estimate of drug-likeness (QED) is 0.0448. The zero-order valence-electron chi connectivity index (χ0n) is 50.7. The molecule has 432 valence electrons. The van der Waals surface area contributed by atoms with Gasteiger partial charge in [0.15, 0.2) is 0 Å². The van der Waals surface area contributed by atoms with Gasteiger partial charge in [0.25, 0.3) is 0 Å². The van der Waals surface area contributed by atoms with Crippen molar-refractivity contribution in [3.63, 3.8) is 0 Å². The van der Waals surface area contributed by atoms with Gasteiger partial charge < -0.3 is 4.74 Å². The van der Waals surface area contributed by atoms with Crippen molar-refractivity contribution in [1.29, 1.82) is 0 Å². The van der Waals surface area contributed by atoms with E-state index in [1.165, 1.54) is 405 Å². The first-order valence-electron chi connectivity index (χ1n) is 35.0. The molecule has 72 heavy (non-hydrogen) atoms. The topological polar surface area (TPSA) is 26.3 Å². The van der Waals surface area contributed by atoms with Crippen molar-refractivity contribution in [3.8, 4) is 0 Å². The maximum absolute atomic E-state index is 12.2. The van der Waals surface area contributed by atoms with Gasteiger partial charge in [0.1, 0.15) is 0 Å². The Bertz CT molecular complexity index is 928. The molecule has 0 aromatic heterocycles. The van der Waals surface area contributed by atoms with E-state index in [9.17, 15) is 4.79 Å². The fraction of sp³-hybridized carbons (Fsp3) is 0.986. The van der Waals surface area contributed by atoms with Gasteiger partial charge in [-0.05, 0) is 12.8 Å². The molecule has 0 fully saturated rings. The lowest BCUT2D eigenvalue weighted by molar-refractivity contribution is -0.143. The standard InChI is InChI=1S/C70H140O2/c1-3-5-7-9-11-13-15-17-19-21-23-25-27-29-31-33-35-36-37-38-39-40-42-44-46-48-50-52-54-56-58-60-62-64-66-68-70(71)72-69-67-65-63-61-59-57-55-53-51-49-47-45-43-41-34-32-30-28-26-24-22-20-18-16-14-12-10-8-6-4-2/h3-69H2,1-2H3. The van der Waals surface area contributed by atoms with E-state index in [1.807, 2.05) is 0 Å². The van der Waals surface area contributed by atoms with Crippen molar-refractivity contribution in [1.82, 2.24) is 0 Å². The van der Waals surface area contributed by atoms with E-state index in [2.05, 4.69) is 13.8 Å². The molecule has 0 saturated heterocycles. The summed E-state index contributed by atoms with van der Waals surface area (Å²) in [5.74, 6) is 0.0384. The summed E-state index contributed by atoms with van der Waals surface area (Å²) < 4.78 is 5.54. The van der Waals surface area contributed by atoms with E-state index >= 15 is 0 Å². The van der Waals surface area contributed by atoms with Crippen LogP contribution in [-0.4, -0.2) is 12.6 Å². The summed E-state index contributed by atoms with van der Waals surface area (Å²) in [6.45, 7) is 5.26. The normalized spacial score (nSPS) is 11.6. The lowest BCUT2D eigenvalue weighted by atomic mass is 10.0. The lowest BCUT2D eigenvalue weighted by Crippen LogP contribution is -2.05. The number of ether oxygens (including phenoxy) is 1. The number of carbonyl (C=O) groups is 1. The Labute approximate surface area is 457 Å². The van der Waals surface area contributed by atoms with Gasteiger partial charge >= 0.3 is 5.97 Å². The third-order valence-corrected chi connectivity index (χ3v) is 16.7. The van der Waals surface area contributed by atoms with E-state index in [0.29, 0.717) is 13.0 Å². The summed E-state index contributed by atoms with van der Waals surface area (Å²) in [7, 11) is 0. The first-order chi connectivity index (χ1) is 35.8. The van der Waals surface area contributed by atoms with Crippen LogP contribution in [0.15, 0.2) is 0 Å². The zero-order valence-corrected chi connectivity index (χ0v) is 50.7. The van der Waals surface area contributed by atoms with Crippen molar-refractivity contribution < 1.29 is 9.53 Å². The Morgan fingerprint density at radius 1 is 0.181 bits per heavy atom. The van der Waals surface area contributed by atoms with Crippen LogP contribution in [0.5, 0.6) is 0 Å². The van der Waals surface area contributed by atoms with Gasteiger partial charge in [-0.2, -0.15) is 0 Å². The second-order valence-electron chi connectivity index (χ2n) is 24.2. The molecule has 2 heteroatoms. The number of hydrogen-bond donors (Lipinski definition) is 0. The van der Waals surface area contributed by atoms with Gasteiger partial charge in [0, 0.05) is 6.42 Å². The molecule has 0 aliphatic carbocycles. The fourth-order valence-electron chi connectivity index (χ4n) is 11.6. The average molecular weight is 1010 g/mol.